The number of epoxide rings is 1. The van der Waals surface area contributed by atoms with Crippen molar-refractivity contribution in [3.63, 3.8) is 0 Å². The number of carbonyl (C=O) groups is 4. The number of aliphatic hydroxyl groups is 3. The first-order valence-corrected chi connectivity index (χ1v) is 10.8. The molecule has 0 amide bonds. The summed E-state index contributed by atoms with van der Waals surface area (Å²) in [5, 5.41) is 49.6. The Hall–Kier alpha value is -3.32. The largest absolute Gasteiger partial charge is 0.478 e. The highest BCUT2D eigenvalue weighted by Gasteiger charge is 2.25. The summed E-state index contributed by atoms with van der Waals surface area (Å²) in [6.45, 7) is 21.3. The summed E-state index contributed by atoms with van der Waals surface area (Å²) in [5.41, 5.74) is 0.292. The molecule has 1 aliphatic heterocycles. The van der Waals surface area contributed by atoms with E-state index in [1.807, 2.05) is 6.92 Å². The van der Waals surface area contributed by atoms with Crippen molar-refractivity contribution in [3.05, 3.63) is 48.6 Å². The highest BCUT2D eigenvalue weighted by molar-refractivity contribution is 5.87. The number of ether oxygens (including phenoxy) is 2. The molecule has 0 spiro atoms. The zero-order valence-corrected chi connectivity index (χ0v) is 22.3. The SMILES string of the molecule is C=C(C)C(=O)O.C=C(C)C(=O)O.C=C(C)C(=O)O.C=C(C)C(=O)OCC1CO1.CCC(CO)(CO)CO. The molecule has 1 unspecified atom stereocenters. The number of hydrogen-bond acceptors (Lipinski definition) is 9. The zero-order chi connectivity index (χ0) is 30.4. The van der Waals surface area contributed by atoms with Gasteiger partial charge in [-0.25, -0.2) is 19.2 Å². The number of aliphatic hydroxyl groups excluding tert-OH is 3. The van der Waals surface area contributed by atoms with Crippen molar-refractivity contribution in [1.29, 1.82) is 0 Å². The lowest BCUT2D eigenvalue weighted by Gasteiger charge is -2.24. The molecule has 1 atom stereocenters. The number of carboxylic acids is 3. The van der Waals surface area contributed by atoms with Gasteiger partial charge < -0.3 is 40.1 Å². The summed E-state index contributed by atoms with van der Waals surface area (Å²) in [7, 11) is 0. The van der Waals surface area contributed by atoms with Gasteiger partial charge in [0.15, 0.2) is 0 Å². The highest BCUT2D eigenvalue weighted by Crippen LogP contribution is 2.18. The number of rotatable bonds is 10. The minimum atomic E-state index is -0.935. The Labute approximate surface area is 217 Å². The van der Waals surface area contributed by atoms with Crippen LogP contribution in [0.15, 0.2) is 48.6 Å². The van der Waals surface area contributed by atoms with Gasteiger partial charge in [-0.15, -0.1) is 0 Å². The lowest BCUT2D eigenvalue weighted by atomic mass is 9.88. The second-order valence-corrected chi connectivity index (χ2v) is 7.92. The molecular formula is C25H42O12. The van der Waals surface area contributed by atoms with Crippen LogP contribution >= 0.6 is 0 Å². The van der Waals surface area contributed by atoms with Crippen LogP contribution in [0, 0.1) is 5.41 Å². The monoisotopic (exact) mass is 534 g/mol. The minimum Gasteiger partial charge on any atom is -0.478 e. The van der Waals surface area contributed by atoms with Crippen LogP contribution < -0.4 is 0 Å². The van der Waals surface area contributed by atoms with E-state index in [4.69, 9.17) is 40.1 Å². The molecule has 6 N–H and O–H groups in total. The zero-order valence-electron chi connectivity index (χ0n) is 22.3. The Morgan fingerprint density at radius 3 is 1.14 bits per heavy atom. The van der Waals surface area contributed by atoms with E-state index in [9.17, 15) is 19.2 Å². The number of carbonyl (C=O) groups excluding carboxylic acids is 1. The number of carboxylic acid groups (broad SMARTS) is 3. The van der Waals surface area contributed by atoms with E-state index in [0.717, 1.165) is 0 Å². The van der Waals surface area contributed by atoms with Crippen LogP contribution in [0.2, 0.25) is 0 Å². The molecule has 12 nitrogen and oxygen atoms in total. The van der Waals surface area contributed by atoms with Crippen LogP contribution in [0.4, 0.5) is 0 Å². The minimum absolute atomic E-state index is 0.142. The highest BCUT2D eigenvalue weighted by atomic mass is 16.6. The van der Waals surface area contributed by atoms with Gasteiger partial charge in [-0.05, 0) is 34.1 Å². The number of aliphatic carboxylic acids is 3. The quantitative estimate of drug-likeness (QED) is 0.135. The van der Waals surface area contributed by atoms with Gasteiger partial charge in [-0.1, -0.05) is 33.2 Å². The van der Waals surface area contributed by atoms with Crippen LogP contribution in [0.3, 0.4) is 0 Å². The van der Waals surface area contributed by atoms with Crippen LogP contribution in [0.5, 0.6) is 0 Å². The first kappa shape index (κ1) is 40.8. The molecule has 0 bridgehead atoms. The second kappa shape index (κ2) is 23.1. The predicted octanol–water partition coefficient (Wildman–Crippen LogP) is 1.81. The van der Waals surface area contributed by atoms with Crippen molar-refractivity contribution in [2.75, 3.05) is 33.0 Å². The maximum absolute atomic E-state index is 10.7. The lowest BCUT2D eigenvalue weighted by Crippen LogP contribution is -2.32. The van der Waals surface area contributed by atoms with E-state index < -0.39 is 23.3 Å². The van der Waals surface area contributed by atoms with Crippen LogP contribution in [0.25, 0.3) is 0 Å². The van der Waals surface area contributed by atoms with Crippen LogP contribution in [0.1, 0.15) is 41.0 Å². The van der Waals surface area contributed by atoms with E-state index in [1.165, 1.54) is 20.8 Å². The molecule has 1 aliphatic rings. The normalized spacial score (nSPS) is 12.5. The van der Waals surface area contributed by atoms with Crippen molar-refractivity contribution >= 4 is 23.9 Å². The fourth-order valence-corrected chi connectivity index (χ4v) is 0.942. The van der Waals surface area contributed by atoms with Crippen molar-refractivity contribution in [2.24, 2.45) is 5.41 Å². The van der Waals surface area contributed by atoms with Gasteiger partial charge in [0.2, 0.25) is 0 Å². The van der Waals surface area contributed by atoms with E-state index in [-0.39, 0.29) is 48.6 Å². The van der Waals surface area contributed by atoms with Crippen molar-refractivity contribution < 1.29 is 59.3 Å². The molecule has 1 saturated heterocycles. The molecule has 0 aliphatic carbocycles. The molecule has 0 radical (unpaired) electrons. The summed E-state index contributed by atoms with van der Waals surface area (Å²) in [5.74, 6) is -3.14. The average Bonchev–Trinajstić information content (AvgIpc) is 3.65. The fourth-order valence-electron chi connectivity index (χ4n) is 0.942. The van der Waals surface area contributed by atoms with Gasteiger partial charge in [-0.2, -0.15) is 0 Å². The third-order valence-electron chi connectivity index (χ3n) is 4.00. The fraction of sp³-hybridized carbons (Fsp3) is 0.520. The summed E-state index contributed by atoms with van der Waals surface area (Å²) >= 11 is 0. The Morgan fingerprint density at radius 2 is 1.03 bits per heavy atom. The Morgan fingerprint density at radius 1 is 0.757 bits per heavy atom. The van der Waals surface area contributed by atoms with Gasteiger partial charge in [0.1, 0.15) is 12.7 Å². The predicted molar refractivity (Wildman–Crippen MR) is 137 cm³/mol. The maximum Gasteiger partial charge on any atom is 0.333 e. The molecule has 37 heavy (non-hydrogen) atoms. The summed E-state index contributed by atoms with van der Waals surface area (Å²) in [6.07, 6.45) is 0.736. The third kappa shape index (κ3) is 28.8. The topological polar surface area (TPSA) is 211 Å². The standard InChI is InChI=1S/C7H10O3.C6H14O3.3C4H6O2/c1-5(2)7(8)10-4-6-3-9-6;1-2-6(3-7,4-8)5-9;3*1-3(2)4(5)6/h6H,1,3-4H2,2H3;7-9H,2-5H2,1H3;3*1H2,2H3,(H,5,6). The van der Waals surface area contributed by atoms with E-state index in [2.05, 4.69) is 26.3 Å². The van der Waals surface area contributed by atoms with Crippen LogP contribution in [-0.4, -0.2) is 93.7 Å². The molecular weight excluding hydrogens is 492 g/mol. The smallest absolute Gasteiger partial charge is 0.333 e. The Bertz CT molecular complexity index is 664. The van der Waals surface area contributed by atoms with E-state index >= 15 is 0 Å². The maximum atomic E-state index is 10.7. The van der Waals surface area contributed by atoms with Crippen molar-refractivity contribution in [1.82, 2.24) is 0 Å². The van der Waals surface area contributed by atoms with E-state index in [1.54, 1.807) is 6.92 Å². The average molecular weight is 535 g/mol. The molecule has 1 fully saturated rings. The lowest BCUT2D eigenvalue weighted by molar-refractivity contribution is -0.139. The first-order chi connectivity index (χ1) is 16.9. The number of hydrogen-bond donors (Lipinski definition) is 6. The van der Waals surface area contributed by atoms with Gasteiger partial charge in [-0.3, -0.25) is 0 Å². The molecule has 12 heteroatoms. The summed E-state index contributed by atoms with van der Waals surface area (Å²) in [6, 6.07) is 0. The van der Waals surface area contributed by atoms with Gasteiger partial charge in [0, 0.05) is 27.7 Å². The molecule has 1 rings (SSSR count). The Kier molecular flexibility index (Phi) is 25.5. The molecule has 0 aromatic heterocycles. The number of esters is 1. The van der Waals surface area contributed by atoms with Crippen LogP contribution in [-0.2, 0) is 28.7 Å². The molecule has 0 aromatic rings. The van der Waals surface area contributed by atoms with Gasteiger partial charge in [0.05, 0.1) is 26.4 Å². The van der Waals surface area contributed by atoms with Gasteiger partial charge >= 0.3 is 23.9 Å². The van der Waals surface area contributed by atoms with Crippen molar-refractivity contribution in [2.45, 2.75) is 47.1 Å². The molecule has 1 heterocycles. The second-order valence-electron chi connectivity index (χ2n) is 7.92. The van der Waals surface area contributed by atoms with E-state index in [0.29, 0.717) is 25.2 Å². The Balaban J connectivity index is -0.000000188. The molecule has 0 aromatic carbocycles. The first-order valence-electron chi connectivity index (χ1n) is 10.8. The van der Waals surface area contributed by atoms with Gasteiger partial charge in [0.25, 0.3) is 0 Å². The molecule has 0 saturated carbocycles. The van der Waals surface area contributed by atoms with Crippen molar-refractivity contribution in [3.8, 4) is 0 Å². The summed E-state index contributed by atoms with van der Waals surface area (Å²) in [4.78, 5) is 39.5. The third-order valence-corrected chi connectivity index (χ3v) is 4.00. The molecule has 214 valence electrons. The summed E-state index contributed by atoms with van der Waals surface area (Å²) < 4.78 is 9.60.